The molecule has 100 valence electrons. The molecule has 1 aliphatic heterocycles. The third kappa shape index (κ3) is 2.63. The van der Waals surface area contributed by atoms with Crippen LogP contribution >= 0.6 is 0 Å². The van der Waals surface area contributed by atoms with Gasteiger partial charge in [-0.25, -0.2) is 0 Å². The van der Waals surface area contributed by atoms with E-state index >= 15 is 0 Å². The zero-order chi connectivity index (χ0) is 13.3. The van der Waals surface area contributed by atoms with Crippen molar-refractivity contribution in [2.75, 3.05) is 0 Å². The minimum Gasteiger partial charge on any atom is -0.487 e. The first kappa shape index (κ1) is 12.2. The highest BCUT2D eigenvalue weighted by molar-refractivity contribution is 5.45. The number of hydrogen-bond acceptors (Lipinski definition) is 4. The predicted molar refractivity (Wildman–Crippen MR) is 71.9 cm³/mol. The topological polar surface area (TPSA) is 47.3 Å². The fourth-order valence-corrected chi connectivity index (χ4v) is 2.47. The summed E-state index contributed by atoms with van der Waals surface area (Å²) >= 11 is 0. The summed E-state index contributed by atoms with van der Waals surface area (Å²) in [5, 5.41) is 7.03. The Bertz CT molecular complexity index is 562. The Hall–Kier alpha value is -1.81. The van der Waals surface area contributed by atoms with Crippen LogP contribution in [0.15, 0.2) is 35.0 Å². The van der Waals surface area contributed by atoms with Crippen LogP contribution in [0.4, 0.5) is 0 Å². The van der Waals surface area contributed by atoms with E-state index in [4.69, 9.17) is 9.26 Å². The van der Waals surface area contributed by atoms with E-state index in [9.17, 15) is 0 Å². The molecule has 4 nitrogen and oxygen atoms in total. The van der Waals surface area contributed by atoms with Crippen LogP contribution in [0.1, 0.15) is 30.7 Å². The van der Waals surface area contributed by atoms with E-state index in [0.29, 0.717) is 6.54 Å². The molecule has 0 bridgehead atoms. The Labute approximate surface area is 112 Å². The molecule has 4 heteroatoms. The first-order valence-corrected chi connectivity index (χ1v) is 6.54. The van der Waals surface area contributed by atoms with Crippen LogP contribution in [-0.2, 0) is 19.5 Å². The normalized spacial score (nSPS) is 16.1. The molecule has 0 fully saturated rings. The van der Waals surface area contributed by atoms with E-state index in [1.165, 1.54) is 11.1 Å². The van der Waals surface area contributed by atoms with Gasteiger partial charge in [0.15, 0.2) is 0 Å². The molecule has 1 aromatic carbocycles. The second kappa shape index (κ2) is 4.70. The maximum absolute atomic E-state index is 6.04. The predicted octanol–water partition coefficient (Wildman–Crippen LogP) is 2.68. The molecule has 0 saturated heterocycles. The zero-order valence-electron chi connectivity index (χ0n) is 11.3. The van der Waals surface area contributed by atoms with E-state index in [-0.39, 0.29) is 5.60 Å². The lowest BCUT2D eigenvalue weighted by Crippen LogP contribution is -2.25. The molecule has 1 aromatic heterocycles. The SMILES string of the molecule is CC1(C)Cc2cccc(CNCc3ccno3)c2O1. The van der Waals surface area contributed by atoms with Gasteiger partial charge in [-0.2, -0.15) is 0 Å². The zero-order valence-corrected chi connectivity index (χ0v) is 11.3. The molecule has 1 N–H and O–H groups in total. The molecule has 0 spiro atoms. The number of hydrogen-bond donors (Lipinski definition) is 1. The fourth-order valence-electron chi connectivity index (χ4n) is 2.47. The van der Waals surface area contributed by atoms with Gasteiger partial charge >= 0.3 is 0 Å². The monoisotopic (exact) mass is 258 g/mol. The molecule has 0 atom stereocenters. The summed E-state index contributed by atoms with van der Waals surface area (Å²) in [5.41, 5.74) is 2.40. The summed E-state index contributed by atoms with van der Waals surface area (Å²) < 4.78 is 11.1. The molecule has 0 amide bonds. The largest absolute Gasteiger partial charge is 0.487 e. The van der Waals surface area contributed by atoms with Crippen LogP contribution in [0, 0.1) is 0 Å². The minimum atomic E-state index is -0.0939. The molecule has 3 rings (SSSR count). The quantitative estimate of drug-likeness (QED) is 0.916. The smallest absolute Gasteiger partial charge is 0.150 e. The van der Waals surface area contributed by atoms with Gasteiger partial charge in [-0.1, -0.05) is 23.4 Å². The molecule has 2 heterocycles. The molecule has 0 saturated carbocycles. The number of para-hydroxylation sites is 1. The van der Waals surface area contributed by atoms with Crippen molar-refractivity contribution in [3.8, 4) is 5.75 Å². The Morgan fingerprint density at radius 2 is 2.16 bits per heavy atom. The van der Waals surface area contributed by atoms with E-state index in [1.807, 2.05) is 6.07 Å². The van der Waals surface area contributed by atoms with Crippen LogP contribution < -0.4 is 10.1 Å². The number of nitrogens with zero attached hydrogens (tertiary/aromatic N) is 1. The van der Waals surface area contributed by atoms with E-state index in [1.54, 1.807) is 6.20 Å². The summed E-state index contributed by atoms with van der Waals surface area (Å²) in [7, 11) is 0. The fraction of sp³-hybridized carbons (Fsp3) is 0.400. The molecule has 1 aliphatic rings. The first-order valence-electron chi connectivity index (χ1n) is 6.54. The molecule has 0 unspecified atom stereocenters. The maximum Gasteiger partial charge on any atom is 0.150 e. The van der Waals surface area contributed by atoms with Crippen molar-refractivity contribution in [1.82, 2.24) is 10.5 Å². The van der Waals surface area contributed by atoms with Crippen molar-refractivity contribution in [3.05, 3.63) is 47.3 Å². The Morgan fingerprint density at radius 3 is 2.95 bits per heavy atom. The highest BCUT2D eigenvalue weighted by Gasteiger charge is 2.31. The van der Waals surface area contributed by atoms with Crippen molar-refractivity contribution in [2.24, 2.45) is 0 Å². The number of ether oxygens (including phenoxy) is 1. The Balaban J connectivity index is 1.68. The third-order valence-electron chi connectivity index (χ3n) is 3.28. The van der Waals surface area contributed by atoms with Gasteiger partial charge in [0.05, 0.1) is 12.7 Å². The van der Waals surface area contributed by atoms with Gasteiger partial charge in [-0.3, -0.25) is 0 Å². The van der Waals surface area contributed by atoms with Gasteiger partial charge in [-0.05, 0) is 19.4 Å². The lowest BCUT2D eigenvalue weighted by Gasteiger charge is -2.18. The molecular weight excluding hydrogens is 240 g/mol. The van der Waals surface area contributed by atoms with Crippen molar-refractivity contribution >= 4 is 0 Å². The van der Waals surface area contributed by atoms with Crippen LogP contribution in [0.5, 0.6) is 5.75 Å². The Morgan fingerprint density at radius 1 is 1.26 bits per heavy atom. The highest BCUT2D eigenvalue weighted by atomic mass is 16.5. The van der Waals surface area contributed by atoms with Crippen LogP contribution in [-0.4, -0.2) is 10.8 Å². The van der Waals surface area contributed by atoms with Gasteiger partial charge in [0.25, 0.3) is 0 Å². The summed E-state index contributed by atoms with van der Waals surface area (Å²) in [5.74, 6) is 1.88. The van der Waals surface area contributed by atoms with Crippen LogP contribution in [0.25, 0.3) is 0 Å². The summed E-state index contributed by atoms with van der Waals surface area (Å²) in [6.45, 7) is 5.68. The maximum atomic E-state index is 6.04. The minimum absolute atomic E-state index is 0.0939. The van der Waals surface area contributed by atoms with Gasteiger partial charge < -0.3 is 14.6 Å². The van der Waals surface area contributed by atoms with Crippen molar-refractivity contribution in [2.45, 2.75) is 39.0 Å². The number of rotatable bonds is 4. The van der Waals surface area contributed by atoms with Crippen LogP contribution in [0.2, 0.25) is 0 Å². The van der Waals surface area contributed by atoms with E-state index < -0.39 is 0 Å². The van der Waals surface area contributed by atoms with E-state index in [2.05, 4.69) is 42.5 Å². The van der Waals surface area contributed by atoms with Gasteiger partial charge in [-0.15, -0.1) is 0 Å². The average Bonchev–Trinajstić information content (AvgIpc) is 2.95. The lowest BCUT2D eigenvalue weighted by atomic mass is 10.0. The second-order valence-electron chi connectivity index (χ2n) is 5.53. The lowest BCUT2D eigenvalue weighted by molar-refractivity contribution is 0.137. The molecule has 2 aromatic rings. The molecule has 19 heavy (non-hydrogen) atoms. The standard InChI is InChI=1S/C15H18N2O2/c1-15(2)8-11-4-3-5-12(14(11)18-15)9-16-10-13-6-7-17-19-13/h3-7,16H,8-10H2,1-2H3. The number of nitrogens with one attached hydrogen (secondary N) is 1. The summed E-state index contributed by atoms with van der Waals surface area (Å²) in [6.07, 6.45) is 2.63. The van der Waals surface area contributed by atoms with Gasteiger partial charge in [0.2, 0.25) is 0 Å². The van der Waals surface area contributed by atoms with Gasteiger partial charge in [0.1, 0.15) is 17.1 Å². The molecule has 0 radical (unpaired) electrons. The average molecular weight is 258 g/mol. The van der Waals surface area contributed by atoms with Crippen molar-refractivity contribution in [3.63, 3.8) is 0 Å². The number of benzene rings is 1. The van der Waals surface area contributed by atoms with Crippen LogP contribution in [0.3, 0.4) is 0 Å². The second-order valence-corrected chi connectivity index (χ2v) is 5.53. The Kier molecular flexibility index (Phi) is 3.03. The van der Waals surface area contributed by atoms with Gasteiger partial charge in [0, 0.05) is 24.6 Å². The van der Waals surface area contributed by atoms with E-state index in [0.717, 1.165) is 24.5 Å². The molecule has 0 aliphatic carbocycles. The first-order chi connectivity index (χ1) is 9.14. The number of aromatic nitrogens is 1. The molecular formula is C15H18N2O2. The summed E-state index contributed by atoms with van der Waals surface area (Å²) in [6, 6.07) is 8.20. The van der Waals surface area contributed by atoms with Crippen molar-refractivity contribution < 1.29 is 9.26 Å². The number of fused-ring (bicyclic) bond motifs is 1. The summed E-state index contributed by atoms with van der Waals surface area (Å²) in [4.78, 5) is 0. The third-order valence-corrected chi connectivity index (χ3v) is 3.28. The van der Waals surface area contributed by atoms with Crippen molar-refractivity contribution in [1.29, 1.82) is 0 Å². The highest BCUT2D eigenvalue weighted by Crippen LogP contribution is 2.37.